The molecule has 0 aliphatic heterocycles. The first-order chi connectivity index (χ1) is 11.8. The van der Waals surface area contributed by atoms with E-state index in [1.54, 1.807) is 0 Å². The van der Waals surface area contributed by atoms with E-state index < -0.39 is 0 Å². The molecule has 0 bridgehead atoms. The molecule has 0 amide bonds. The van der Waals surface area contributed by atoms with Crippen molar-refractivity contribution in [3.05, 3.63) is 12.2 Å². The van der Waals surface area contributed by atoms with Crippen LogP contribution in [0.3, 0.4) is 0 Å². The summed E-state index contributed by atoms with van der Waals surface area (Å²) in [6, 6.07) is 0. The average molecular weight is 329 g/mol. The number of rotatable bonds is 7. The van der Waals surface area contributed by atoms with Crippen LogP contribution in [0, 0.1) is 35.5 Å². The van der Waals surface area contributed by atoms with Gasteiger partial charge < -0.3 is 0 Å². The molecule has 2 fully saturated rings. The molecule has 0 spiro atoms. The molecule has 0 heterocycles. The van der Waals surface area contributed by atoms with Gasteiger partial charge in [-0.25, -0.2) is 0 Å². The average Bonchev–Trinajstić information content (AvgIpc) is 2.62. The molecule has 0 radical (unpaired) electrons. The number of hydrogen-bond donors (Lipinski definition) is 0. The van der Waals surface area contributed by atoms with Gasteiger partial charge in [0.2, 0.25) is 0 Å². The van der Waals surface area contributed by atoms with E-state index in [2.05, 4.69) is 37.8 Å². The molecular formula is C24H40. The van der Waals surface area contributed by atoms with Gasteiger partial charge in [0.05, 0.1) is 0 Å². The van der Waals surface area contributed by atoms with Gasteiger partial charge in [-0.1, -0.05) is 70.3 Å². The molecule has 0 aromatic rings. The minimum absolute atomic E-state index is 0.678. The van der Waals surface area contributed by atoms with E-state index in [0.29, 0.717) is 5.92 Å². The molecule has 0 saturated heterocycles. The highest BCUT2D eigenvalue weighted by atomic mass is 14.2. The van der Waals surface area contributed by atoms with Crippen LogP contribution >= 0.6 is 0 Å². The number of allylic oxidation sites excluding steroid dienone is 2. The predicted octanol–water partition coefficient (Wildman–Crippen LogP) is 7.54. The van der Waals surface area contributed by atoms with Crippen molar-refractivity contribution in [1.82, 2.24) is 0 Å². The zero-order chi connectivity index (χ0) is 17.0. The Bertz CT molecular complexity index is 391. The first-order valence-electron chi connectivity index (χ1n) is 11.0. The molecule has 136 valence electrons. The maximum atomic E-state index is 3.54. The van der Waals surface area contributed by atoms with Gasteiger partial charge in [0, 0.05) is 5.92 Å². The highest BCUT2D eigenvalue weighted by Gasteiger charge is 2.19. The fourth-order valence-electron chi connectivity index (χ4n) is 4.71. The summed E-state index contributed by atoms with van der Waals surface area (Å²) in [7, 11) is 0. The van der Waals surface area contributed by atoms with Gasteiger partial charge in [-0.3, -0.25) is 0 Å². The van der Waals surface area contributed by atoms with Crippen LogP contribution in [0.2, 0.25) is 0 Å². The molecule has 0 unspecified atom stereocenters. The van der Waals surface area contributed by atoms with Gasteiger partial charge in [0.25, 0.3) is 0 Å². The minimum Gasteiger partial charge on any atom is -0.0951 e. The van der Waals surface area contributed by atoms with E-state index in [1.165, 1.54) is 89.9 Å². The standard InChI is InChI=1S/C24H40/c1-3-5-6-10-22-17-19-24(20-18-22)12-8-7-11-23-15-13-21(9-4-2)14-16-23/h7,11,21-24H,3-6,9-10,13-20H2,1-2H3/b11-7+/t21-,22-,23-,24-. The second-order valence-electron chi connectivity index (χ2n) is 8.43. The Kier molecular flexibility index (Phi) is 9.64. The Labute approximate surface area is 151 Å². The van der Waals surface area contributed by atoms with Crippen LogP contribution < -0.4 is 0 Å². The molecule has 2 aliphatic rings. The van der Waals surface area contributed by atoms with E-state index in [4.69, 9.17) is 0 Å². The summed E-state index contributed by atoms with van der Waals surface area (Å²) in [5.74, 6) is 10.4. The zero-order valence-corrected chi connectivity index (χ0v) is 16.4. The third-order valence-electron chi connectivity index (χ3n) is 6.39. The van der Waals surface area contributed by atoms with Crippen LogP contribution in [0.25, 0.3) is 0 Å². The molecule has 0 atom stereocenters. The van der Waals surface area contributed by atoms with Crippen LogP contribution in [-0.4, -0.2) is 0 Å². The maximum Gasteiger partial charge on any atom is 0.0206 e. The lowest BCUT2D eigenvalue weighted by Gasteiger charge is -2.26. The fraction of sp³-hybridized carbons (Fsp3) is 0.833. The normalized spacial score (nSPS) is 30.9. The molecule has 2 aliphatic carbocycles. The lowest BCUT2D eigenvalue weighted by molar-refractivity contribution is 0.294. The predicted molar refractivity (Wildman–Crippen MR) is 107 cm³/mol. The molecule has 0 nitrogen and oxygen atoms in total. The second-order valence-corrected chi connectivity index (χ2v) is 8.43. The van der Waals surface area contributed by atoms with Crippen molar-refractivity contribution < 1.29 is 0 Å². The van der Waals surface area contributed by atoms with Crippen molar-refractivity contribution in [2.45, 2.75) is 104 Å². The van der Waals surface area contributed by atoms with Gasteiger partial charge in [-0.15, -0.1) is 0 Å². The molecule has 24 heavy (non-hydrogen) atoms. The smallest absolute Gasteiger partial charge is 0.0206 e. The van der Waals surface area contributed by atoms with Gasteiger partial charge in [-0.2, -0.15) is 0 Å². The summed E-state index contributed by atoms with van der Waals surface area (Å²) in [4.78, 5) is 0. The molecule has 0 heteroatoms. The van der Waals surface area contributed by atoms with Crippen LogP contribution in [0.15, 0.2) is 12.2 Å². The third-order valence-corrected chi connectivity index (χ3v) is 6.39. The van der Waals surface area contributed by atoms with Crippen LogP contribution in [0.4, 0.5) is 0 Å². The van der Waals surface area contributed by atoms with Crippen LogP contribution in [-0.2, 0) is 0 Å². The highest BCUT2D eigenvalue weighted by molar-refractivity contribution is 5.18. The van der Waals surface area contributed by atoms with E-state index in [1.807, 2.05) is 0 Å². The van der Waals surface area contributed by atoms with E-state index in [9.17, 15) is 0 Å². The number of unbranched alkanes of at least 4 members (excludes halogenated alkanes) is 2. The topological polar surface area (TPSA) is 0 Å². The molecule has 0 aromatic heterocycles. The van der Waals surface area contributed by atoms with Crippen LogP contribution in [0.1, 0.15) is 104 Å². The van der Waals surface area contributed by atoms with Gasteiger partial charge >= 0.3 is 0 Å². The van der Waals surface area contributed by atoms with Crippen molar-refractivity contribution in [3.8, 4) is 11.8 Å². The van der Waals surface area contributed by atoms with E-state index in [0.717, 1.165) is 17.8 Å². The molecule has 2 rings (SSSR count). The Morgan fingerprint density at radius 3 is 2.08 bits per heavy atom. The van der Waals surface area contributed by atoms with Crippen molar-refractivity contribution in [2.24, 2.45) is 23.7 Å². The highest BCUT2D eigenvalue weighted by Crippen LogP contribution is 2.33. The summed E-state index contributed by atoms with van der Waals surface area (Å²) in [6.07, 6.45) is 24.3. The van der Waals surface area contributed by atoms with Gasteiger partial charge in [-0.05, 0) is 75.2 Å². The second kappa shape index (κ2) is 11.8. The van der Waals surface area contributed by atoms with Crippen molar-refractivity contribution in [3.63, 3.8) is 0 Å². The summed E-state index contributed by atoms with van der Waals surface area (Å²) in [5, 5.41) is 0. The summed E-state index contributed by atoms with van der Waals surface area (Å²) < 4.78 is 0. The quantitative estimate of drug-likeness (QED) is 0.334. The Morgan fingerprint density at radius 2 is 1.42 bits per heavy atom. The lowest BCUT2D eigenvalue weighted by Crippen LogP contribution is -2.13. The molecular weight excluding hydrogens is 288 g/mol. The SMILES string of the molecule is CCCCC[C@H]1CC[C@H](C#C/C=C/[C@H]2CC[C@H](CCC)CC2)CC1. The van der Waals surface area contributed by atoms with Gasteiger partial charge in [0.15, 0.2) is 0 Å². The van der Waals surface area contributed by atoms with E-state index in [-0.39, 0.29) is 0 Å². The summed E-state index contributed by atoms with van der Waals surface area (Å²) >= 11 is 0. The van der Waals surface area contributed by atoms with Crippen molar-refractivity contribution >= 4 is 0 Å². The van der Waals surface area contributed by atoms with Crippen molar-refractivity contribution in [1.29, 1.82) is 0 Å². The van der Waals surface area contributed by atoms with Gasteiger partial charge in [0.1, 0.15) is 0 Å². The van der Waals surface area contributed by atoms with E-state index >= 15 is 0 Å². The monoisotopic (exact) mass is 328 g/mol. The maximum absolute atomic E-state index is 3.54. The number of hydrogen-bond acceptors (Lipinski definition) is 0. The fourth-order valence-corrected chi connectivity index (χ4v) is 4.71. The first-order valence-corrected chi connectivity index (χ1v) is 11.0. The Hall–Kier alpha value is -0.700. The third kappa shape index (κ3) is 7.46. The lowest BCUT2D eigenvalue weighted by atomic mass is 9.79. The Balaban J connectivity index is 1.60. The summed E-state index contributed by atoms with van der Waals surface area (Å²) in [5.41, 5.74) is 0. The molecule has 0 aromatic carbocycles. The molecule has 2 saturated carbocycles. The van der Waals surface area contributed by atoms with Crippen LogP contribution in [0.5, 0.6) is 0 Å². The van der Waals surface area contributed by atoms with Crippen molar-refractivity contribution in [2.75, 3.05) is 0 Å². The minimum atomic E-state index is 0.678. The zero-order valence-electron chi connectivity index (χ0n) is 16.4. The summed E-state index contributed by atoms with van der Waals surface area (Å²) in [6.45, 7) is 4.62. The largest absolute Gasteiger partial charge is 0.0951 e. The molecule has 0 N–H and O–H groups in total. The Morgan fingerprint density at radius 1 is 0.750 bits per heavy atom. The first kappa shape index (κ1) is 19.6.